The predicted molar refractivity (Wildman–Crippen MR) is 134 cm³/mol. The lowest BCUT2D eigenvalue weighted by Gasteiger charge is -2.21. The van der Waals surface area contributed by atoms with Gasteiger partial charge in [-0.2, -0.15) is 0 Å². The molecule has 9 heteroatoms. The molecule has 1 heterocycles. The van der Waals surface area contributed by atoms with Crippen LogP contribution in [0.1, 0.15) is 44.6 Å². The summed E-state index contributed by atoms with van der Waals surface area (Å²) in [6, 6.07) is 3.65. The van der Waals surface area contributed by atoms with Gasteiger partial charge in [-0.15, -0.1) is 24.0 Å². The number of carbonyl (C=O) groups is 1. The number of guanidine groups is 1. The normalized spacial score (nSPS) is 14.4. The van der Waals surface area contributed by atoms with Gasteiger partial charge in [-0.1, -0.05) is 6.42 Å². The highest BCUT2D eigenvalue weighted by Gasteiger charge is 2.16. The van der Waals surface area contributed by atoms with Crippen LogP contribution in [0.25, 0.3) is 0 Å². The summed E-state index contributed by atoms with van der Waals surface area (Å²) >= 11 is 0. The number of amides is 1. The SMILES string of the molecule is CCNC(=NCc1c(OC)cc(OC)cc1OC)NCCCN1CCCCCC1=O.I. The standard InChI is InChI=1S/C22H36N4O4.HI/c1-5-23-22(24-11-9-13-26-12-8-6-7-10-21(26)27)25-16-18-19(29-3)14-17(28-2)15-20(18)30-4;/h14-15H,5-13,16H2,1-4H3,(H2,23,24,25);1H. The van der Waals surface area contributed by atoms with E-state index in [4.69, 9.17) is 14.2 Å². The van der Waals surface area contributed by atoms with E-state index >= 15 is 0 Å². The van der Waals surface area contributed by atoms with Crippen LogP contribution in [0, 0.1) is 0 Å². The van der Waals surface area contributed by atoms with Gasteiger partial charge in [0.15, 0.2) is 5.96 Å². The number of aliphatic imine (C=N–C) groups is 1. The second-order valence-electron chi connectivity index (χ2n) is 7.18. The Morgan fingerprint density at radius 1 is 1.06 bits per heavy atom. The van der Waals surface area contributed by atoms with E-state index in [0.717, 1.165) is 63.4 Å². The third-order valence-corrected chi connectivity index (χ3v) is 5.13. The van der Waals surface area contributed by atoms with Gasteiger partial charge in [-0.25, -0.2) is 4.99 Å². The quantitative estimate of drug-likeness (QED) is 0.202. The number of hydrogen-bond donors (Lipinski definition) is 2. The Kier molecular flexibility index (Phi) is 13.1. The first-order chi connectivity index (χ1) is 14.6. The largest absolute Gasteiger partial charge is 0.496 e. The molecular weight excluding hydrogens is 511 g/mol. The summed E-state index contributed by atoms with van der Waals surface area (Å²) in [6.07, 6.45) is 4.84. The summed E-state index contributed by atoms with van der Waals surface area (Å²) in [5.41, 5.74) is 0.855. The Morgan fingerprint density at radius 3 is 2.39 bits per heavy atom. The van der Waals surface area contributed by atoms with Gasteiger partial charge in [0.25, 0.3) is 0 Å². The van der Waals surface area contributed by atoms with E-state index in [2.05, 4.69) is 15.6 Å². The highest BCUT2D eigenvalue weighted by molar-refractivity contribution is 14.0. The number of likely N-dealkylation sites (tertiary alicyclic amines) is 1. The summed E-state index contributed by atoms with van der Waals surface area (Å²) in [5.74, 6) is 3.02. The van der Waals surface area contributed by atoms with Crippen LogP contribution in [-0.4, -0.2) is 64.3 Å². The van der Waals surface area contributed by atoms with Gasteiger partial charge in [0.05, 0.1) is 33.4 Å². The molecule has 0 saturated carbocycles. The molecule has 1 amide bonds. The number of benzene rings is 1. The molecule has 0 bridgehead atoms. The van der Waals surface area contributed by atoms with E-state index < -0.39 is 0 Å². The molecule has 1 aromatic carbocycles. The zero-order valence-electron chi connectivity index (χ0n) is 19.2. The van der Waals surface area contributed by atoms with Crippen LogP contribution >= 0.6 is 24.0 Å². The van der Waals surface area contributed by atoms with Crippen molar-refractivity contribution in [2.75, 3.05) is 47.5 Å². The molecule has 31 heavy (non-hydrogen) atoms. The summed E-state index contributed by atoms with van der Waals surface area (Å²) in [6.45, 7) is 5.59. The van der Waals surface area contributed by atoms with Crippen LogP contribution in [0.4, 0.5) is 0 Å². The maximum Gasteiger partial charge on any atom is 0.222 e. The number of nitrogens with zero attached hydrogens (tertiary/aromatic N) is 2. The van der Waals surface area contributed by atoms with Gasteiger partial charge in [0, 0.05) is 44.7 Å². The minimum Gasteiger partial charge on any atom is -0.496 e. The van der Waals surface area contributed by atoms with E-state index in [1.807, 2.05) is 24.0 Å². The van der Waals surface area contributed by atoms with Crippen molar-refractivity contribution >= 4 is 35.8 Å². The van der Waals surface area contributed by atoms with Crippen molar-refractivity contribution in [2.45, 2.75) is 45.6 Å². The van der Waals surface area contributed by atoms with E-state index in [-0.39, 0.29) is 29.9 Å². The molecule has 8 nitrogen and oxygen atoms in total. The molecule has 1 aromatic rings. The number of hydrogen-bond acceptors (Lipinski definition) is 5. The molecular formula is C22H37IN4O4. The monoisotopic (exact) mass is 548 g/mol. The van der Waals surface area contributed by atoms with Crippen LogP contribution in [0.15, 0.2) is 17.1 Å². The number of rotatable bonds is 10. The molecule has 2 rings (SSSR count). The first-order valence-electron chi connectivity index (χ1n) is 10.7. The number of ether oxygens (including phenoxy) is 3. The van der Waals surface area contributed by atoms with Crippen LogP contribution in [0.5, 0.6) is 17.2 Å². The smallest absolute Gasteiger partial charge is 0.222 e. The topological polar surface area (TPSA) is 84.4 Å². The highest BCUT2D eigenvalue weighted by Crippen LogP contribution is 2.34. The molecule has 1 saturated heterocycles. The number of methoxy groups -OCH3 is 3. The zero-order valence-corrected chi connectivity index (χ0v) is 21.5. The van der Waals surface area contributed by atoms with Gasteiger partial charge in [0.2, 0.25) is 5.91 Å². The van der Waals surface area contributed by atoms with Crippen molar-refractivity contribution in [1.29, 1.82) is 0 Å². The zero-order chi connectivity index (χ0) is 21.8. The predicted octanol–water partition coefficient (Wildman–Crippen LogP) is 3.18. The van der Waals surface area contributed by atoms with Gasteiger partial charge in [-0.05, 0) is 26.2 Å². The molecule has 1 fully saturated rings. The first-order valence-corrected chi connectivity index (χ1v) is 10.7. The summed E-state index contributed by atoms with van der Waals surface area (Å²) < 4.78 is 16.3. The molecule has 2 N–H and O–H groups in total. The van der Waals surface area contributed by atoms with Crippen molar-refractivity contribution < 1.29 is 19.0 Å². The molecule has 0 atom stereocenters. The number of halogens is 1. The molecule has 0 aromatic heterocycles. The average molecular weight is 548 g/mol. The summed E-state index contributed by atoms with van der Waals surface area (Å²) in [7, 11) is 4.85. The van der Waals surface area contributed by atoms with Gasteiger partial charge in [0.1, 0.15) is 17.2 Å². The maximum absolute atomic E-state index is 12.1. The average Bonchev–Trinajstić information content (AvgIpc) is 2.98. The highest BCUT2D eigenvalue weighted by atomic mass is 127. The maximum atomic E-state index is 12.1. The van der Waals surface area contributed by atoms with E-state index in [1.54, 1.807) is 21.3 Å². The van der Waals surface area contributed by atoms with E-state index in [1.165, 1.54) is 0 Å². The second-order valence-corrected chi connectivity index (χ2v) is 7.18. The Morgan fingerprint density at radius 2 is 1.77 bits per heavy atom. The minimum absolute atomic E-state index is 0. The minimum atomic E-state index is 0. The molecule has 0 aliphatic carbocycles. The molecule has 176 valence electrons. The summed E-state index contributed by atoms with van der Waals surface area (Å²) in [5, 5.41) is 6.61. The Labute approximate surface area is 203 Å². The van der Waals surface area contributed by atoms with Gasteiger partial charge >= 0.3 is 0 Å². The Bertz CT molecular complexity index is 690. The number of nitrogens with one attached hydrogen (secondary N) is 2. The van der Waals surface area contributed by atoms with Crippen LogP contribution in [0.2, 0.25) is 0 Å². The molecule has 1 aliphatic rings. The van der Waals surface area contributed by atoms with Gasteiger partial charge in [-0.3, -0.25) is 4.79 Å². The van der Waals surface area contributed by atoms with Crippen LogP contribution < -0.4 is 24.8 Å². The fourth-order valence-electron chi connectivity index (χ4n) is 3.49. The molecule has 0 spiro atoms. The second kappa shape index (κ2) is 15.0. The molecule has 0 unspecified atom stereocenters. The molecule has 0 radical (unpaired) electrons. The lowest BCUT2D eigenvalue weighted by molar-refractivity contribution is -0.130. The number of carbonyl (C=O) groups excluding carboxylic acids is 1. The first kappa shape index (κ1) is 27.1. The fourth-order valence-corrected chi connectivity index (χ4v) is 3.49. The third-order valence-electron chi connectivity index (χ3n) is 5.13. The Hall–Kier alpha value is -1.91. The van der Waals surface area contributed by atoms with Crippen molar-refractivity contribution in [2.24, 2.45) is 4.99 Å². The van der Waals surface area contributed by atoms with Crippen molar-refractivity contribution in [3.05, 3.63) is 17.7 Å². The molecule has 1 aliphatic heterocycles. The van der Waals surface area contributed by atoms with Crippen molar-refractivity contribution in [3.63, 3.8) is 0 Å². The fraction of sp³-hybridized carbons (Fsp3) is 0.636. The van der Waals surface area contributed by atoms with E-state index in [9.17, 15) is 4.79 Å². The van der Waals surface area contributed by atoms with Crippen LogP contribution in [0.3, 0.4) is 0 Å². The lowest BCUT2D eigenvalue weighted by atomic mass is 10.1. The lowest BCUT2D eigenvalue weighted by Crippen LogP contribution is -2.39. The Balaban J connectivity index is 0.00000480. The van der Waals surface area contributed by atoms with Crippen molar-refractivity contribution in [1.82, 2.24) is 15.5 Å². The van der Waals surface area contributed by atoms with Crippen LogP contribution in [-0.2, 0) is 11.3 Å². The van der Waals surface area contributed by atoms with Gasteiger partial charge < -0.3 is 29.7 Å². The van der Waals surface area contributed by atoms with E-state index in [0.29, 0.717) is 30.2 Å². The summed E-state index contributed by atoms with van der Waals surface area (Å²) in [4.78, 5) is 18.8. The van der Waals surface area contributed by atoms with Crippen molar-refractivity contribution in [3.8, 4) is 17.2 Å². The third kappa shape index (κ3) is 8.62.